The average molecular weight is 561 g/mol. The zero-order valence-corrected chi connectivity index (χ0v) is 25.5. The van der Waals surface area contributed by atoms with E-state index < -0.39 is 5.97 Å². The second-order valence-electron chi connectivity index (χ2n) is 12.6. The highest BCUT2D eigenvalue weighted by atomic mass is 16.6. The van der Waals surface area contributed by atoms with Crippen LogP contribution in [-0.2, 0) is 16.0 Å². The summed E-state index contributed by atoms with van der Waals surface area (Å²) in [6.07, 6.45) is 17.5. The summed E-state index contributed by atoms with van der Waals surface area (Å²) in [6.45, 7) is 8.00. The first-order valence-corrected chi connectivity index (χ1v) is 16.3. The molecule has 0 unspecified atom stereocenters. The molecule has 4 rings (SSSR count). The van der Waals surface area contributed by atoms with E-state index in [4.69, 9.17) is 9.47 Å². The van der Waals surface area contributed by atoms with Crippen LogP contribution in [0.2, 0.25) is 0 Å². The molecule has 4 nitrogen and oxygen atoms in total. The molecule has 2 aromatic rings. The minimum atomic E-state index is -0.410. The van der Waals surface area contributed by atoms with E-state index >= 15 is 0 Å². The SMILES string of the molecule is C=C(C)C(=O)OCCOc1cc(-c2ccc(C3CCC(C4CCC(CCCCC)CC4)CC3)cc2)ccc1CCO. The van der Waals surface area contributed by atoms with Gasteiger partial charge in [-0.25, -0.2) is 4.79 Å². The molecule has 0 atom stereocenters. The Morgan fingerprint density at radius 2 is 1.54 bits per heavy atom. The van der Waals surface area contributed by atoms with Gasteiger partial charge in [0.2, 0.25) is 0 Å². The summed E-state index contributed by atoms with van der Waals surface area (Å²) in [5.74, 6) is 3.92. The number of aliphatic hydroxyl groups excluding tert-OH is 1. The molecule has 4 heteroatoms. The molecule has 0 spiro atoms. The van der Waals surface area contributed by atoms with Crippen molar-refractivity contribution >= 4 is 5.97 Å². The van der Waals surface area contributed by atoms with Crippen molar-refractivity contribution in [1.82, 2.24) is 0 Å². The van der Waals surface area contributed by atoms with Gasteiger partial charge in [0.05, 0.1) is 0 Å². The fourth-order valence-corrected chi connectivity index (χ4v) is 7.11. The fourth-order valence-electron chi connectivity index (χ4n) is 7.11. The summed E-state index contributed by atoms with van der Waals surface area (Å²) in [4.78, 5) is 11.6. The van der Waals surface area contributed by atoms with Crippen molar-refractivity contribution in [2.24, 2.45) is 17.8 Å². The molecule has 2 saturated carbocycles. The number of unbranched alkanes of at least 4 members (excludes halogenated alkanes) is 2. The summed E-state index contributed by atoms with van der Waals surface area (Å²) in [5, 5.41) is 9.49. The van der Waals surface area contributed by atoms with Crippen molar-refractivity contribution in [3.63, 3.8) is 0 Å². The van der Waals surface area contributed by atoms with Gasteiger partial charge in [-0.2, -0.15) is 0 Å². The van der Waals surface area contributed by atoms with Gasteiger partial charge in [-0.05, 0) is 104 Å². The quantitative estimate of drug-likeness (QED) is 0.142. The largest absolute Gasteiger partial charge is 0.490 e. The van der Waals surface area contributed by atoms with Crippen molar-refractivity contribution in [2.75, 3.05) is 19.8 Å². The van der Waals surface area contributed by atoms with Crippen LogP contribution >= 0.6 is 0 Å². The summed E-state index contributed by atoms with van der Waals surface area (Å²) in [6, 6.07) is 15.3. The van der Waals surface area contributed by atoms with E-state index in [1.807, 2.05) is 12.1 Å². The second-order valence-corrected chi connectivity index (χ2v) is 12.6. The van der Waals surface area contributed by atoms with E-state index in [2.05, 4.69) is 43.8 Å². The van der Waals surface area contributed by atoms with Gasteiger partial charge in [0, 0.05) is 12.2 Å². The molecule has 1 N–H and O–H groups in total. The molecule has 41 heavy (non-hydrogen) atoms. The van der Waals surface area contributed by atoms with E-state index in [0.29, 0.717) is 17.9 Å². The number of carbonyl (C=O) groups is 1. The standard InChI is InChI=1S/C37H52O4/c1-4-5-6-7-28-8-10-29(11-9-28)30-12-14-31(15-13-30)32-16-18-33(19-17-32)35-21-20-34(22-23-38)36(26-35)40-24-25-41-37(39)27(2)3/h16-21,26,28-31,38H,2,4-15,22-25H2,1,3H3. The molecule has 2 aliphatic carbocycles. The van der Waals surface area contributed by atoms with Crippen LogP contribution < -0.4 is 4.74 Å². The number of benzene rings is 2. The molecule has 0 aliphatic heterocycles. The first-order valence-electron chi connectivity index (χ1n) is 16.3. The first-order chi connectivity index (χ1) is 20.0. The Balaban J connectivity index is 1.28. The third-order valence-corrected chi connectivity index (χ3v) is 9.63. The van der Waals surface area contributed by atoms with Gasteiger partial charge in [0.25, 0.3) is 0 Å². The van der Waals surface area contributed by atoms with Gasteiger partial charge in [-0.1, -0.05) is 88.4 Å². The van der Waals surface area contributed by atoms with Crippen LogP contribution in [0.15, 0.2) is 54.6 Å². The van der Waals surface area contributed by atoms with Crippen LogP contribution in [0.25, 0.3) is 11.1 Å². The molecule has 224 valence electrons. The van der Waals surface area contributed by atoms with Crippen LogP contribution in [0.5, 0.6) is 5.75 Å². The van der Waals surface area contributed by atoms with Crippen LogP contribution in [0.3, 0.4) is 0 Å². The monoisotopic (exact) mass is 560 g/mol. The van der Waals surface area contributed by atoms with Crippen molar-refractivity contribution < 1.29 is 19.4 Å². The van der Waals surface area contributed by atoms with Gasteiger partial charge < -0.3 is 14.6 Å². The van der Waals surface area contributed by atoms with Crippen LogP contribution in [0, 0.1) is 17.8 Å². The highest BCUT2D eigenvalue weighted by Crippen LogP contribution is 2.44. The number of ether oxygens (including phenoxy) is 2. The second kappa shape index (κ2) is 16.2. The molecule has 0 amide bonds. The van der Waals surface area contributed by atoms with E-state index in [9.17, 15) is 9.90 Å². The predicted molar refractivity (Wildman–Crippen MR) is 168 cm³/mol. The van der Waals surface area contributed by atoms with Crippen molar-refractivity contribution in [3.8, 4) is 16.9 Å². The van der Waals surface area contributed by atoms with E-state index in [1.54, 1.807) is 6.92 Å². The topological polar surface area (TPSA) is 55.8 Å². The number of rotatable bonds is 14. The summed E-state index contributed by atoms with van der Waals surface area (Å²) in [5.41, 5.74) is 5.04. The van der Waals surface area contributed by atoms with E-state index in [1.165, 1.54) is 82.6 Å². The van der Waals surface area contributed by atoms with Crippen LogP contribution in [-0.4, -0.2) is 30.9 Å². The summed E-state index contributed by atoms with van der Waals surface area (Å²) in [7, 11) is 0. The minimum absolute atomic E-state index is 0.0532. The maximum absolute atomic E-state index is 11.6. The van der Waals surface area contributed by atoms with Crippen molar-refractivity contribution in [1.29, 1.82) is 0 Å². The first kappa shape index (κ1) is 31.3. The fraction of sp³-hybridized carbons (Fsp3) is 0.595. The lowest BCUT2D eigenvalue weighted by atomic mass is 9.68. The zero-order valence-electron chi connectivity index (χ0n) is 25.5. The molecule has 2 fully saturated rings. The molecule has 2 aliphatic rings. The Kier molecular flexibility index (Phi) is 12.4. The van der Waals surface area contributed by atoms with E-state index in [-0.39, 0.29) is 19.8 Å². The number of esters is 1. The zero-order chi connectivity index (χ0) is 29.0. The number of hydrogen-bond donors (Lipinski definition) is 1. The van der Waals surface area contributed by atoms with Crippen molar-refractivity contribution in [2.45, 2.75) is 103 Å². The van der Waals surface area contributed by atoms with Crippen LogP contribution in [0.4, 0.5) is 0 Å². The maximum Gasteiger partial charge on any atom is 0.333 e. The van der Waals surface area contributed by atoms with Gasteiger partial charge in [0.15, 0.2) is 0 Å². The number of carbonyl (C=O) groups excluding carboxylic acids is 1. The minimum Gasteiger partial charge on any atom is -0.490 e. The average Bonchev–Trinajstić information content (AvgIpc) is 3.00. The van der Waals surface area contributed by atoms with E-state index in [0.717, 1.165) is 40.2 Å². The summed E-state index contributed by atoms with van der Waals surface area (Å²) >= 11 is 0. The third-order valence-electron chi connectivity index (χ3n) is 9.63. The Hall–Kier alpha value is -2.59. The maximum atomic E-state index is 11.6. The smallest absolute Gasteiger partial charge is 0.333 e. The Labute approximate surface area is 248 Å². The van der Waals surface area contributed by atoms with Gasteiger partial charge >= 0.3 is 5.97 Å². The molecule has 0 aromatic heterocycles. The molecule has 0 saturated heterocycles. The Bertz CT molecular complexity index is 1090. The molecular weight excluding hydrogens is 508 g/mol. The molecule has 0 radical (unpaired) electrons. The molecule has 0 heterocycles. The van der Waals surface area contributed by atoms with Gasteiger partial charge in [-0.3, -0.25) is 0 Å². The van der Waals surface area contributed by atoms with Crippen LogP contribution in [0.1, 0.15) is 108 Å². The molecular formula is C37H52O4. The lowest BCUT2D eigenvalue weighted by Crippen LogP contribution is -2.25. The van der Waals surface area contributed by atoms with Crippen molar-refractivity contribution in [3.05, 3.63) is 65.7 Å². The molecule has 0 bridgehead atoms. The molecule has 2 aromatic carbocycles. The third kappa shape index (κ3) is 9.20. The highest BCUT2D eigenvalue weighted by Gasteiger charge is 2.31. The Morgan fingerprint density at radius 3 is 2.17 bits per heavy atom. The lowest BCUT2D eigenvalue weighted by Gasteiger charge is -2.38. The predicted octanol–water partition coefficient (Wildman–Crippen LogP) is 9.05. The Morgan fingerprint density at radius 1 is 0.878 bits per heavy atom. The normalized spacial score (nSPS) is 22.7. The number of hydrogen-bond acceptors (Lipinski definition) is 4. The highest BCUT2D eigenvalue weighted by molar-refractivity contribution is 5.86. The van der Waals surface area contributed by atoms with Gasteiger partial charge in [0.1, 0.15) is 19.0 Å². The van der Waals surface area contributed by atoms with Gasteiger partial charge in [-0.15, -0.1) is 0 Å². The number of aliphatic hydroxyl groups is 1. The lowest BCUT2D eigenvalue weighted by molar-refractivity contribution is -0.139. The summed E-state index contributed by atoms with van der Waals surface area (Å²) < 4.78 is 11.1.